The molecule has 0 radical (unpaired) electrons. The summed E-state index contributed by atoms with van der Waals surface area (Å²) in [5, 5.41) is 2.71. The first kappa shape index (κ1) is 17.3. The third-order valence-electron chi connectivity index (χ3n) is 3.99. The van der Waals surface area contributed by atoms with Gasteiger partial charge in [-0.15, -0.1) is 12.4 Å². The second-order valence-electron chi connectivity index (χ2n) is 5.39. The van der Waals surface area contributed by atoms with E-state index in [1.807, 2.05) is 24.3 Å². The van der Waals surface area contributed by atoms with Crippen LogP contribution in [0.4, 0.5) is 4.79 Å². The zero-order valence-corrected chi connectivity index (χ0v) is 13.6. The summed E-state index contributed by atoms with van der Waals surface area (Å²) in [5.41, 5.74) is 10.3. The van der Waals surface area contributed by atoms with E-state index in [4.69, 9.17) is 10.5 Å². The number of carbonyl (C=O) groups is 1. The third kappa shape index (κ3) is 3.66. The van der Waals surface area contributed by atoms with E-state index in [1.165, 1.54) is 22.3 Å². The number of nitrogens with two attached hydrogens (primary N) is 1. The van der Waals surface area contributed by atoms with Crippen molar-refractivity contribution in [1.82, 2.24) is 5.32 Å². The molecule has 0 saturated heterocycles. The molecule has 0 fully saturated rings. The quantitative estimate of drug-likeness (QED) is 0.826. The Balaban J connectivity index is 0.00000192. The fraction of sp³-hybridized carbons (Fsp3) is 0.278. The lowest BCUT2D eigenvalue weighted by Gasteiger charge is -2.14. The molecule has 0 bridgehead atoms. The number of hydrogen-bond acceptors (Lipinski definition) is 3. The number of halogens is 1. The van der Waals surface area contributed by atoms with Crippen molar-refractivity contribution < 1.29 is 9.53 Å². The monoisotopic (exact) mass is 332 g/mol. The van der Waals surface area contributed by atoms with Crippen LogP contribution in [0.2, 0.25) is 0 Å². The highest BCUT2D eigenvalue weighted by molar-refractivity contribution is 5.85. The molecule has 3 N–H and O–H groups in total. The standard InChI is InChI=1S/C18H20N2O2.ClH/c19-10-5-11-20-18(21)22-12-17-15-8-3-1-6-13(15)14-7-2-4-9-16(14)17;/h1-4,6-9,17H,5,10-12,19H2,(H,20,21);1H. The van der Waals surface area contributed by atoms with Gasteiger partial charge in [-0.3, -0.25) is 0 Å². The predicted molar refractivity (Wildman–Crippen MR) is 94.0 cm³/mol. The van der Waals surface area contributed by atoms with Gasteiger partial charge in [0, 0.05) is 12.5 Å². The average molecular weight is 333 g/mol. The van der Waals surface area contributed by atoms with Crippen LogP contribution in [0.25, 0.3) is 11.1 Å². The molecule has 1 aliphatic rings. The third-order valence-corrected chi connectivity index (χ3v) is 3.99. The number of fused-ring (bicyclic) bond motifs is 3. The number of ether oxygens (including phenoxy) is 1. The Morgan fingerprint density at radius 3 is 2.17 bits per heavy atom. The Hall–Kier alpha value is -2.04. The molecule has 0 saturated carbocycles. The zero-order chi connectivity index (χ0) is 15.4. The van der Waals surface area contributed by atoms with Crippen molar-refractivity contribution in [3.8, 4) is 11.1 Å². The van der Waals surface area contributed by atoms with E-state index in [2.05, 4.69) is 29.6 Å². The number of alkyl carbamates (subject to hydrolysis) is 1. The highest BCUT2D eigenvalue weighted by atomic mass is 35.5. The van der Waals surface area contributed by atoms with Crippen molar-refractivity contribution in [2.75, 3.05) is 19.7 Å². The van der Waals surface area contributed by atoms with Crippen molar-refractivity contribution in [1.29, 1.82) is 0 Å². The molecule has 0 unspecified atom stereocenters. The first-order valence-corrected chi connectivity index (χ1v) is 7.60. The van der Waals surface area contributed by atoms with Gasteiger partial charge in [0.1, 0.15) is 6.61 Å². The lowest BCUT2D eigenvalue weighted by molar-refractivity contribution is 0.143. The highest BCUT2D eigenvalue weighted by Gasteiger charge is 2.28. The van der Waals surface area contributed by atoms with Crippen LogP contribution in [0.5, 0.6) is 0 Å². The Kier molecular flexibility index (Phi) is 6.02. The Morgan fingerprint density at radius 1 is 1.04 bits per heavy atom. The average Bonchev–Trinajstić information content (AvgIpc) is 2.87. The SMILES string of the molecule is Cl.NCCCNC(=O)OCC1c2ccccc2-c2ccccc21. The van der Waals surface area contributed by atoms with Gasteiger partial charge in [-0.2, -0.15) is 0 Å². The second-order valence-corrected chi connectivity index (χ2v) is 5.39. The molecule has 0 heterocycles. The van der Waals surface area contributed by atoms with E-state index in [-0.39, 0.29) is 24.4 Å². The molecule has 122 valence electrons. The van der Waals surface area contributed by atoms with Crippen molar-refractivity contribution >= 4 is 18.5 Å². The topological polar surface area (TPSA) is 64.3 Å². The van der Waals surface area contributed by atoms with E-state index in [0.29, 0.717) is 19.7 Å². The fourth-order valence-electron chi connectivity index (χ4n) is 2.94. The van der Waals surface area contributed by atoms with E-state index in [9.17, 15) is 4.79 Å². The van der Waals surface area contributed by atoms with Gasteiger partial charge >= 0.3 is 6.09 Å². The molecular formula is C18H21ClN2O2. The number of benzene rings is 2. The van der Waals surface area contributed by atoms with E-state index < -0.39 is 0 Å². The Labute approximate surface area is 142 Å². The highest BCUT2D eigenvalue weighted by Crippen LogP contribution is 2.44. The van der Waals surface area contributed by atoms with Crippen LogP contribution in [0.15, 0.2) is 48.5 Å². The van der Waals surface area contributed by atoms with Gasteiger partial charge in [-0.25, -0.2) is 4.79 Å². The lowest BCUT2D eigenvalue weighted by Crippen LogP contribution is -2.28. The van der Waals surface area contributed by atoms with Gasteiger partial charge in [0.25, 0.3) is 0 Å². The maximum absolute atomic E-state index is 11.7. The minimum absolute atomic E-state index is 0. The minimum Gasteiger partial charge on any atom is -0.449 e. The number of carbonyl (C=O) groups excluding carboxylic acids is 1. The van der Waals surface area contributed by atoms with Gasteiger partial charge in [0.2, 0.25) is 0 Å². The maximum atomic E-state index is 11.7. The summed E-state index contributed by atoms with van der Waals surface area (Å²) in [6.45, 7) is 1.46. The molecule has 2 aromatic carbocycles. The first-order chi connectivity index (χ1) is 10.8. The number of hydrogen-bond donors (Lipinski definition) is 2. The maximum Gasteiger partial charge on any atom is 0.407 e. The molecular weight excluding hydrogens is 312 g/mol. The molecule has 0 atom stereocenters. The summed E-state index contributed by atoms with van der Waals surface area (Å²) >= 11 is 0. The molecule has 3 rings (SSSR count). The molecule has 23 heavy (non-hydrogen) atoms. The summed E-state index contributed by atoms with van der Waals surface area (Å²) in [4.78, 5) is 11.7. The second kappa shape index (κ2) is 7.99. The minimum atomic E-state index is -0.379. The molecule has 0 spiro atoms. The Bertz CT molecular complexity index is 630. The molecule has 1 aliphatic carbocycles. The van der Waals surface area contributed by atoms with Gasteiger partial charge in [0.15, 0.2) is 0 Å². The van der Waals surface area contributed by atoms with E-state index in [0.717, 1.165) is 6.42 Å². The smallest absolute Gasteiger partial charge is 0.407 e. The van der Waals surface area contributed by atoms with Gasteiger partial charge in [0.05, 0.1) is 0 Å². The lowest BCUT2D eigenvalue weighted by atomic mass is 9.98. The largest absolute Gasteiger partial charge is 0.449 e. The summed E-state index contributed by atoms with van der Waals surface area (Å²) in [5.74, 6) is 0.104. The molecule has 0 aromatic heterocycles. The Morgan fingerprint density at radius 2 is 1.61 bits per heavy atom. The summed E-state index contributed by atoms with van der Waals surface area (Å²) in [7, 11) is 0. The van der Waals surface area contributed by atoms with Crippen LogP contribution in [0.1, 0.15) is 23.5 Å². The fourth-order valence-corrected chi connectivity index (χ4v) is 2.94. The van der Waals surface area contributed by atoms with Crippen LogP contribution < -0.4 is 11.1 Å². The number of rotatable bonds is 5. The van der Waals surface area contributed by atoms with E-state index in [1.54, 1.807) is 0 Å². The van der Waals surface area contributed by atoms with E-state index >= 15 is 0 Å². The van der Waals surface area contributed by atoms with Crippen molar-refractivity contribution in [3.63, 3.8) is 0 Å². The van der Waals surface area contributed by atoms with Crippen molar-refractivity contribution in [3.05, 3.63) is 59.7 Å². The van der Waals surface area contributed by atoms with Gasteiger partial charge < -0.3 is 15.8 Å². The zero-order valence-electron chi connectivity index (χ0n) is 12.8. The van der Waals surface area contributed by atoms with Crippen LogP contribution in [-0.2, 0) is 4.74 Å². The first-order valence-electron chi connectivity index (χ1n) is 7.60. The molecule has 4 nitrogen and oxygen atoms in total. The number of nitrogens with one attached hydrogen (secondary N) is 1. The molecule has 0 aliphatic heterocycles. The summed E-state index contributed by atoms with van der Waals surface area (Å²) in [6, 6.07) is 16.6. The molecule has 5 heteroatoms. The van der Waals surface area contributed by atoms with Crippen LogP contribution >= 0.6 is 12.4 Å². The van der Waals surface area contributed by atoms with Gasteiger partial charge in [-0.05, 0) is 35.2 Å². The normalized spacial score (nSPS) is 12.0. The van der Waals surface area contributed by atoms with Crippen LogP contribution in [-0.4, -0.2) is 25.8 Å². The predicted octanol–water partition coefficient (Wildman–Crippen LogP) is 3.30. The molecule has 2 aromatic rings. The molecule has 1 amide bonds. The number of amides is 1. The summed E-state index contributed by atoms with van der Waals surface area (Å²) < 4.78 is 5.40. The van der Waals surface area contributed by atoms with Crippen LogP contribution in [0.3, 0.4) is 0 Å². The van der Waals surface area contributed by atoms with Crippen LogP contribution in [0, 0.1) is 0 Å². The van der Waals surface area contributed by atoms with Gasteiger partial charge in [-0.1, -0.05) is 48.5 Å². The van der Waals surface area contributed by atoms with Crippen molar-refractivity contribution in [2.24, 2.45) is 5.73 Å². The summed E-state index contributed by atoms with van der Waals surface area (Å²) in [6.07, 6.45) is 0.375. The van der Waals surface area contributed by atoms with Crippen molar-refractivity contribution in [2.45, 2.75) is 12.3 Å².